The Hall–Kier alpha value is -4.76. The Labute approximate surface area is 191 Å². The number of hydrogen-bond acceptors (Lipinski definition) is 4. The van der Waals surface area contributed by atoms with Crippen LogP contribution < -0.4 is 4.90 Å². The molecule has 0 aliphatic heterocycles. The maximum absolute atomic E-state index is 11.9. The lowest BCUT2D eigenvalue weighted by Gasteiger charge is -2.19. The molecule has 1 N–H and O–H groups in total. The van der Waals surface area contributed by atoms with E-state index < -0.39 is 5.97 Å². The monoisotopic (exact) mass is 433 g/mol. The first kappa shape index (κ1) is 21.5. The molecule has 0 aliphatic carbocycles. The number of carboxylic acid groups (broad SMARTS) is 1. The Morgan fingerprint density at radius 3 is 2.33 bits per heavy atom. The zero-order chi connectivity index (χ0) is 23.0. The van der Waals surface area contributed by atoms with Gasteiger partial charge >= 0.3 is 5.97 Å². The summed E-state index contributed by atoms with van der Waals surface area (Å²) in [5, 5.41) is 8.96. The summed E-state index contributed by atoms with van der Waals surface area (Å²) in [6.45, 7) is 0.346. The lowest BCUT2D eigenvalue weighted by molar-refractivity contribution is -0.107. The maximum atomic E-state index is 11.9. The van der Waals surface area contributed by atoms with Crippen molar-refractivity contribution in [2.75, 3.05) is 4.90 Å². The van der Waals surface area contributed by atoms with Gasteiger partial charge in [-0.05, 0) is 35.9 Å². The molecule has 0 radical (unpaired) electrons. The van der Waals surface area contributed by atoms with Gasteiger partial charge in [0, 0.05) is 29.1 Å². The molecular weight excluding hydrogens is 414 g/mol. The zero-order valence-corrected chi connectivity index (χ0v) is 17.6. The fraction of sp³-hybridized carbons (Fsp3) is 0.0370. The molecule has 4 aromatic rings. The van der Waals surface area contributed by atoms with Crippen molar-refractivity contribution >= 4 is 18.1 Å². The van der Waals surface area contributed by atoms with Crippen molar-refractivity contribution < 1.29 is 14.7 Å². The number of amides is 1. The minimum Gasteiger partial charge on any atom is -0.477 e. The highest BCUT2D eigenvalue weighted by molar-refractivity contribution is 5.85. The van der Waals surface area contributed by atoms with Crippen molar-refractivity contribution in [3.8, 4) is 23.1 Å². The number of benzene rings is 2. The first-order valence-corrected chi connectivity index (χ1v) is 10.2. The molecular formula is C27H19N3O3. The Morgan fingerprint density at radius 1 is 0.879 bits per heavy atom. The van der Waals surface area contributed by atoms with E-state index in [4.69, 9.17) is 5.11 Å². The highest BCUT2D eigenvalue weighted by Gasteiger charge is 2.11. The van der Waals surface area contributed by atoms with Crippen molar-refractivity contribution in [3.05, 3.63) is 114 Å². The largest absolute Gasteiger partial charge is 0.477 e. The van der Waals surface area contributed by atoms with Crippen molar-refractivity contribution in [2.45, 2.75) is 6.54 Å². The van der Waals surface area contributed by atoms with Gasteiger partial charge in [0.15, 0.2) is 0 Å². The molecule has 2 heterocycles. The number of carboxylic acids is 1. The molecule has 2 aromatic heterocycles. The lowest BCUT2D eigenvalue weighted by Crippen LogP contribution is -2.21. The zero-order valence-electron chi connectivity index (χ0n) is 17.6. The third-order valence-electron chi connectivity index (χ3n) is 4.91. The molecule has 0 unspecified atom stereocenters. The summed E-state index contributed by atoms with van der Waals surface area (Å²) in [7, 11) is 0. The minimum atomic E-state index is -1.09. The van der Waals surface area contributed by atoms with Crippen LogP contribution in [0.15, 0.2) is 91.3 Å². The first-order valence-electron chi connectivity index (χ1n) is 10.2. The predicted octanol–water partition coefficient (Wildman–Crippen LogP) is 4.40. The molecule has 1 amide bonds. The number of para-hydroxylation sites is 1. The van der Waals surface area contributed by atoms with Crippen LogP contribution in [0.25, 0.3) is 11.3 Å². The van der Waals surface area contributed by atoms with Crippen LogP contribution in [0.1, 0.15) is 27.2 Å². The molecule has 0 bridgehead atoms. The summed E-state index contributed by atoms with van der Waals surface area (Å²) in [4.78, 5) is 32.8. The summed E-state index contributed by atoms with van der Waals surface area (Å²) in [5.41, 5.74) is 4.66. The number of aromatic nitrogens is 2. The van der Waals surface area contributed by atoms with E-state index in [2.05, 4.69) is 21.8 Å². The molecule has 0 spiro atoms. The summed E-state index contributed by atoms with van der Waals surface area (Å²) < 4.78 is 0. The lowest BCUT2D eigenvalue weighted by atomic mass is 10.1. The van der Waals surface area contributed by atoms with Crippen LogP contribution in [-0.2, 0) is 11.3 Å². The second kappa shape index (κ2) is 10.0. The van der Waals surface area contributed by atoms with Crippen LogP contribution in [-0.4, -0.2) is 27.5 Å². The number of rotatable bonds is 6. The number of nitrogens with zero attached hydrogens (tertiary/aromatic N) is 3. The van der Waals surface area contributed by atoms with Crippen LogP contribution in [0.3, 0.4) is 0 Å². The van der Waals surface area contributed by atoms with Gasteiger partial charge in [-0.15, -0.1) is 0 Å². The second-order valence-electron chi connectivity index (χ2n) is 7.16. The molecule has 4 rings (SSSR count). The van der Waals surface area contributed by atoms with Gasteiger partial charge in [0.25, 0.3) is 0 Å². The third-order valence-corrected chi connectivity index (χ3v) is 4.91. The van der Waals surface area contributed by atoms with E-state index in [-0.39, 0.29) is 5.69 Å². The Balaban J connectivity index is 1.55. The maximum Gasteiger partial charge on any atom is 0.354 e. The highest BCUT2D eigenvalue weighted by Crippen LogP contribution is 2.22. The van der Waals surface area contributed by atoms with Crippen LogP contribution >= 0.6 is 0 Å². The van der Waals surface area contributed by atoms with E-state index in [1.807, 2.05) is 66.7 Å². The van der Waals surface area contributed by atoms with E-state index in [9.17, 15) is 9.59 Å². The average Bonchev–Trinajstić information content (AvgIpc) is 2.87. The van der Waals surface area contributed by atoms with E-state index in [1.165, 1.54) is 12.3 Å². The molecule has 0 atom stereocenters. The van der Waals surface area contributed by atoms with Gasteiger partial charge in [-0.2, -0.15) is 0 Å². The van der Waals surface area contributed by atoms with Gasteiger partial charge in [-0.3, -0.25) is 9.78 Å². The molecule has 2 aromatic carbocycles. The molecule has 0 aliphatic rings. The highest BCUT2D eigenvalue weighted by atomic mass is 16.4. The van der Waals surface area contributed by atoms with Gasteiger partial charge in [0.05, 0.1) is 17.9 Å². The van der Waals surface area contributed by atoms with E-state index in [0.717, 1.165) is 23.2 Å². The van der Waals surface area contributed by atoms with Gasteiger partial charge in [-0.25, -0.2) is 9.78 Å². The number of aromatic carboxylic acids is 1. The summed E-state index contributed by atoms with van der Waals surface area (Å²) >= 11 is 0. The molecule has 33 heavy (non-hydrogen) atoms. The van der Waals surface area contributed by atoms with E-state index in [1.54, 1.807) is 17.2 Å². The standard InChI is InChI=1S/C27H19N3O3/c31-19-30(18-21-12-14-24(28-17-21)22-6-2-1-3-7-22)26-9-5-4-8-23(26)13-10-20-11-15-25(27(32)33)29-16-20/h1-9,11-12,14-17,19H,18H2,(H,32,33). The summed E-state index contributed by atoms with van der Waals surface area (Å²) in [5.74, 6) is 4.94. The Bertz CT molecular complexity index is 1320. The fourth-order valence-electron chi connectivity index (χ4n) is 3.24. The first-order chi connectivity index (χ1) is 16.1. The van der Waals surface area contributed by atoms with Gasteiger partial charge in [0.1, 0.15) is 5.69 Å². The second-order valence-corrected chi connectivity index (χ2v) is 7.16. The van der Waals surface area contributed by atoms with E-state index in [0.29, 0.717) is 23.4 Å². The summed E-state index contributed by atoms with van der Waals surface area (Å²) in [6, 6.07) is 24.1. The van der Waals surface area contributed by atoms with Gasteiger partial charge < -0.3 is 10.0 Å². The number of hydrogen-bond donors (Lipinski definition) is 1. The molecule has 0 saturated carbocycles. The minimum absolute atomic E-state index is 0.0417. The summed E-state index contributed by atoms with van der Waals surface area (Å²) in [6.07, 6.45) is 3.95. The topological polar surface area (TPSA) is 83.4 Å². The Morgan fingerprint density at radius 2 is 1.67 bits per heavy atom. The normalized spacial score (nSPS) is 10.1. The van der Waals surface area contributed by atoms with Crippen LogP contribution in [0.4, 0.5) is 5.69 Å². The third kappa shape index (κ3) is 5.30. The molecule has 6 heteroatoms. The molecule has 6 nitrogen and oxygen atoms in total. The number of carbonyl (C=O) groups excluding carboxylic acids is 1. The number of carbonyl (C=O) groups is 2. The molecule has 0 saturated heterocycles. The van der Waals surface area contributed by atoms with Crippen molar-refractivity contribution in [1.82, 2.24) is 9.97 Å². The SMILES string of the molecule is O=CN(Cc1ccc(-c2ccccc2)nc1)c1ccccc1C#Cc1ccc(C(=O)O)nc1. The van der Waals surface area contributed by atoms with Crippen molar-refractivity contribution in [1.29, 1.82) is 0 Å². The smallest absolute Gasteiger partial charge is 0.354 e. The van der Waals surface area contributed by atoms with E-state index >= 15 is 0 Å². The number of anilines is 1. The van der Waals surface area contributed by atoms with Crippen LogP contribution in [0.5, 0.6) is 0 Å². The van der Waals surface area contributed by atoms with Crippen molar-refractivity contribution in [3.63, 3.8) is 0 Å². The van der Waals surface area contributed by atoms with Crippen molar-refractivity contribution in [2.24, 2.45) is 0 Å². The molecule has 0 fully saturated rings. The molecule has 160 valence electrons. The fourth-order valence-corrected chi connectivity index (χ4v) is 3.24. The van der Waals surface area contributed by atoms with Gasteiger partial charge in [-0.1, -0.05) is 60.4 Å². The quantitative estimate of drug-likeness (QED) is 0.360. The van der Waals surface area contributed by atoms with Crippen LogP contribution in [0, 0.1) is 11.8 Å². The number of pyridine rings is 2. The Kier molecular flexibility index (Phi) is 6.53. The average molecular weight is 433 g/mol. The van der Waals surface area contributed by atoms with Gasteiger partial charge in [0.2, 0.25) is 6.41 Å². The van der Waals surface area contributed by atoms with Crippen LogP contribution in [0.2, 0.25) is 0 Å². The predicted molar refractivity (Wildman–Crippen MR) is 126 cm³/mol.